The lowest BCUT2D eigenvalue weighted by Crippen LogP contribution is -2.50. The van der Waals surface area contributed by atoms with Gasteiger partial charge in [-0.25, -0.2) is 0 Å². The average Bonchev–Trinajstić information content (AvgIpc) is 2.76. The van der Waals surface area contributed by atoms with Crippen molar-refractivity contribution in [3.8, 4) is 0 Å². The van der Waals surface area contributed by atoms with Crippen LogP contribution in [0.3, 0.4) is 0 Å². The first-order valence-corrected chi connectivity index (χ1v) is 12.2. The highest BCUT2D eigenvalue weighted by molar-refractivity contribution is 7.99. The summed E-state index contributed by atoms with van der Waals surface area (Å²) < 4.78 is 0. The molecule has 0 saturated carbocycles. The number of halogens is 1. The third-order valence-corrected chi connectivity index (χ3v) is 6.52. The van der Waals surface area contributed by atoms with Gasteiger partial charge < -0.3 is 10.2 Å². The lowest BCUT2D eigenvalue weighted by molar-refractivity contribution is -0.141. The first-order valence-electron chi connectivity index (χ1n) is 10.9. The van der Waals surface area contributed by atoms with Crippen molar-refractivity contribution in [2.75, 3.05) is 5.75 Å². The number of nitrogens with zero attached hydrogens (tertiary/aromatic N) is 1. The summed E-state index contributed by atoms with van der Waals surface area (Å²) in [4.78, 5) is 29.0. The van der Waals surface area contributed by atoms with Crippen molar-refractivity contribution in [2.24, 2.45) is 0 Å². The molecule has 2 aromatic rings. The van der Waals surface area contributed by atoms with Crippen LogP contribution in [0.1, 0.15) is 51.2 Å². The Balaban J connectivity index is 2.12. The molecule has 0 spiro atoms. The van der Waals surface area contributed by atoms with Gasteiger partial charge in [-0.2, -0.15) is 0 Å². The van der Waals surface area contributed by atoms with E-state index in [1.54, 1.807) is 16.7 Å². The number of thioether (sulfide) groups is 1. The van der Waals surface area contributed by atoms with Crippen molar-refractivity contribution in [1.29, 1.82) is 0 Å². The van der Waals surface area contributed by atoms with Gasteiger partial charge in [-0.15, -0.1) is 11.8 Å². The highest BCUT2D eigenvalue weighted by Gasteiger charge is 2.28. The molecule has 168 valence electrons. The van der Waals surface area contributed by atoms with Crippen molar-refractivity contribution < 1.29 is 9.59 Å². The Morgan fingerprint density at radius 2 is 1.68 bits per heavy atom. The van der Waals surface area contributed by atoms with Crippen LogP contribution in [0.15, 0.2) is 53.4 Å². The second-order valence-electron chi connectivity index (χ2n) is 7.80. The van der Waals surface area contributed by atoms with Crippen LogP contribution >= 0.6 is 23.4 Å². The smallest absolute Gasteiger partial charge is 0.243 e. The van der Waals surface area contributed by atoms with Crippen molar-refractivity contribution in [3.05, 3.63) is 64.7 Å². The molecule has 0 bridgehead atoms. The molecule has 0 aliphatic rings. The predicted octanol–water partition coefficient (Wildman–Crippen LogP) is 5.85. The van der Waals surface area contributed by atoms with Crippen molar-refractivity contribution >= 4 is 35.2 Å². The highest BCUT2D eigenvalue weighted by Crippen LogP contribution is 2.21. The molecule has 6 heteroatoms. The molecule has 0 radical (unpaired) electrons. The number of amides is 2. The summed E-state index contributed by atoms with van der Waals surface area (Å²) in [5.74, 6) is 0.564. The fraction of sp³-hybridized carbons (Fsp3) is 0.440. The van der Waals surface area contributed by atoms with E-state index in [9.17, 15) is 9.59 Å². The van der Waals surface area contributed by atoms with E-state index in [0.717, 1.165) is 16.9 Å². The van der Waals surface area contributed by atoms with Gasteiger partial charge in [0.1, 0.15) is 6.04 Å². The van der Waals surface area contributed by atoms with Gasteiger partial charge in [0.05, 0.1) is 0 Å². The zero-order valence-electron chi connectivity index (χ0n) is 18.9. The third kappa shape index (κ3) is 8.23. The number of benzene rings is 2. The van der Waals surface area contributed by atoms with E-state index in [1.165, 1.54) is 5.56 Å². The fourth-order valence-corrected chi connectivity index (χ4v) is 4.15. The van der Waals surface area contributed by atoms with Gasteiger partial charge in [-0.3, -0.25) is 9.59 Å². The zero-order valence-corrected chi connectivity index (χ0v) is 20.4. The summed E-state index contributed by atoms with van der Waals surface area (Å²) in [5.41, 5.74) is 2.17. The van der Waals surface area contributed by atoms with Crippen LogP contribution in [-0.4, -0.2) is 34.6 Å². The predicted molar refractivity (Wildman–Crippen MR) is 130 cm³/mol. The van der Waals surface area contributed by atoms with Gasteiger partial charge in [0.15, 0.2) is 0 Å². The zero-order chi connectivity index (χ0) is 22.8. The summed E-state index contributed by atoms with van der Waals surface area (Å²) >= 11 is 7.67. The van der Waals surface area contributed by atoms with Gasteiger partial charge in [-0.1, -0.05) is 55.3 Å². The van der Waals surface area contributed by atoms with Crippen LogP contribution in [0.2, 0.25) is 5.02 Å². The summed E-state index contributed by atoms with van der Waals surface area (Å²) in [6.07, 6.45) is 1.78. The monoisotopic (exact) mass is 460 g/mol. The highest BCUT2D eigenvalue weighted by atomic mass is 35.5. The van der Waals surface area contributed by atoms with E-state index in [-0.39, 0.29) is 17.9 Å². The van der Waals surface area contributed by atoms with Crippen LogP contribution in [-0.2, 0) is 16.1 Å². The Labute approximate surface area is 195 Å². The van der Waals surface area contributed by atoms with Crippen molar-refractivity contribution in [1.82, 2.24) is 10.2 Å². The number of carbonyl (C=O) groups is 2. The normalized spacial score (nSPS) is 12.8. The summed E-state index contributed by atoms with van der Waals surface area (Å²) in [5, 5.41) is 3.69. The second-order valence-corrected chi connectivity index (χ2v) is 9.41. The number of hydrogen-bond donors (Lipinski definition) is 1. The number of aryl methyl sites for hydroxylation is 1. The van der Waals surface area contributed by atoms with E-state index in [0.29, 0.717) is 30.2 Å². The number of nitrogens with one attached hydrogen (secondary N) is 1. The van der Waals surface area contributed by atoms with Crippen molar-refractivity contribution in [2.45, 2.75) is 70.5 Å². The Morgan fingerprint density at radius 1 is 1.03 bits per heavy atom. The molecule has 0 saturated heterocycles. The molecule has 4 nitrogen and oxygen atoms in total. The van der Waals surface area contributed by atoms with Gasteiger partial charge in [0, 0.05) is 34.7 Å². The summed E-state index contributed by atoms with van der Waals surface area (Å²) in [6.45, 7) is 8.41. The molecule has 0 aromatic heterocycles. The van der Waals surface area contributed by atoms with E-state index in [1.807, 2.05) is 45.0 Å². The minimum atomic E-state index is -0.499. The standard InChI is InChI=1S/C25H33ClN2O2S/c1-5-19(4)27-25(30)23(6-2)28(17-20-9-11-21(26)12-10-20)24(29)15-16-31-22-13-7-18(3)8-14-22/h7-14,19,23H,5-6,15-17H2,1-4H3,(H,27,30)/t19-,23+/m0/s1. The van der Waals surface area contributed by atoms with Crippen molar-refractivity contribution in [3.63, 3.8) is 0 Å². The maximum atomic E-state index is 13.2. The molecule has 31 heavy (non-hydrogen) atoms. The number of hydrogen-bond acceptors (Lipinski definition) is 3. The quantitative estimate of drug-likeness (QED) is 0.427. The van der Waals surface area contributed by atoms with Crippen LogP contribution in [0.25, 0.3) is 0 Å². The minimum absolute atomic E-state index is 0.0132. The van der Waals surface area contributed by atoms with E-state index in [2.05, 4.69) is 36.5 Å². The molecule has 1 N–H and O–H groups in total. The molecule has 0 aliphatic heterocycles. The van der Waals surface area contributed by atoms with Gasteiger partial charge in [-0.05, 0) is 56.5 Å². The molecule has 2 amide bonds. The lowest BCUT2D eigenvalue weighted by Gasteiger charge is -2.31. The fourth-order valence-electron chi connectivity index (χ4n) is 3.18. The van der Waals surface area contributed by atoms with Crippen LogP contribution in [0, 0.1) is 6.92 Å². The number of carbonyl (C=O) groups excluding carboxylic acids is 2. The third-order valence-electron chi connectivity index (χ3n) is 5.26. The van der Waals surface area contributed by atoms with Gasteiger partial charge >= 0.3 is 0 Å². The summed E-state index contributed by atoms with van der Waals surface area (Å²) in [6, 6.07) is 15.3. The Morgan fingerprint density at radius 3 is 2.26 bits per heavy atom. The Kier molecular flexibility index (Phi) is 10.4. The molecular weight excluding hydrogens is 428 g/mol. The van der Waals surface area contributed by atoms with Crippen LogP contribution < -0.4 is 5.32 Å². The molecule has 0 heterocycles. The molecule has 0 fully saturated rings. The molecule has 2 aromatic carbocycles. The molecule has 2 rings (SSSR count). The molecule has 0 aliphatic carbocycles. The maximum Gasteiger partial charge on any atom is 0.243 e. The molecule has 0 unspecified atom stereocenters. The minimum Gasteiger partial charge on any atom is -0.352 e. The van der Waals surface area contributed by atoms with E-state index >= 15 is 0 Å². The first kappa shape index (κ1) is 25.3. The summed E-state index contributed by atoms with van der Waals surface area (Å²) in [7, 11) is 0. The van der Waals surface area contributed by atoms with E-state index < -0.39 is 6.04 Å². The lowest BCUT2D eigenvalue weighted by atomic mass is 10.1. The second kappa shape index (κ2) is 12.8. The van der Waals surface area contributed by atoms with Crippen LogP contribution in [0.4, 0.5) is 0 Å². The Hall–Kier alpha value is -1.98. The molecule has 2 atom stereocenters. The van der Waals surface area contributed by atoms with Gasteiger partial charge in [0.25, 0.3) is 0 Å². The van der Waals surface area contributed by atoms with Crippen LogP contribution in [0.5, 0.6) is 0 Å². The largest absolute Gasteiger partial charge is 0.352 e. The van der Waals surface area contributed by atoms with Gasteiger partial charge in [0.2, 0.25) is 11.8 Å². The average molecular weight is 461 g/mol. The SMILES string of the molecule is CC[C@H](C(=O)N[C@@H](C)CC)N(Cc1ccc(Cl)cc1)C(=O)CCSc1ccc(C)cc1. The molecular formula is C25H33ClN2O2S. The first-order chi connectivity index (χ1) is 14.8. The van der Waals surface area contributed by atoms with E-state index in [4.69, 9.17) is 11.6 Å². The Bertz CT molecular complexity index is 840. The topological polar surface area (TPSA) is 49.4 Å². The number of rotatable bonds is 11. The maximum absolute atomic E-state index is 13.2.